The number of aliphatic hydroxyl groups is 1. The number of para-hydroxylation sites is 2. The highest BCUT2D eigenvalue weighted by Gasteiger charge is 2.14. The Bertz CT molecular complexity index is 1050. The average Bonchev–Trinajstić information content (AvgIpc) is 3.14. The third-order valence-corrected chi connectivity index (χ3v) is 4.48. The van der Waals surface area contributed by atoms with Gasteiger partial charge >= 0.3 is 5.97 Å². The highest BCUT2D eigenvalue weighted by Crippen LogP contribution is 2.19. The number of aliphatic hydroxyl groups excluding tert-OH is 1. The van der Waals surface area contributed by atoms with Crippen molar-refractivity contribution >= 4 is 38.5 Å². The number of nitriles is 1. The fourth-order valence-electron chi connectivity index (χ4n) is 2.58. The molecule has 0 amide bonds. The molecule has 1 heterocycles. The lowest BCUT2D eigenvalue weighted by molar-refractivity contribution is -0.143. The highest BCUT2D eigenvalue weighted by molar-refractivity contribution is 9.10. The minimum absolute atomic E-state index is 0.0630. The van der Waals surface area contributed by atoms with Crippen LogP contribution in [0.1, 0.15) is 18.7 Å². The number of carbonyl (C=O) groups is 1. The van der Waals surface area contributed by atoms with Crippen molar-refractivity contribution < 1.29 is 19.4 Å². The first-order valence-corrected chi connectivity index (χ1v) is 9.67. The van der Waals surface area contributed by atoms with Crippen LogP contribution in [-0.4, -0.2) is 34.3 Å². The van der Waals surface area contributed by atoms with Gasteiger partial charge in [-0.1, -0.05) is 34.1 Å². The maximum atomic E-state index is 11.9. The zero-order chi connectivity index (χ0) is 20.6. The summed E-state index contributed by atoms with van der Waals surface area (Å²) in [7, 11) is 0. The first-order chi connectivity index (χ1) is 14.1. The van der Waals surface area contributed by atoms with Gasteiger partial charge in [0.15, 0.2) is 11.6 Å². The van der Waals surface area contributed by atoms with Crippen molar-refractivity contribution in [3.63, 3.8) is 0 Å². The Morgan fingerprint density at radius 2 is 2.07 bits per heavy atom. The van der Waals surface area contributed by atoms with E-state index in [-0.39, 0.29) is 23.6 Å². The quantitative estimate of drug-likeness (QED) is 0.223. The Balaban J connectivity index is 1.49. The van der Waals surface area contributed by atoms with E-state index in [4.69, 9.17) is 9.47 Å². The lowest BCUT2D eigenvalue weighted by Gasteiger charge is -2.07. The van der Waals surface area contributed by atoms with Crippen LogP contribution in [0.5, 0.6) is 5.75 Å². The summed E-state index contributed by atoms with van der Waals surface area (Å²) in [5, 5.41) is 19.5. The summed E-state index contributed by atoms with van der Waals surface area (Å²) in [4.78, 5) is 19.1. The summed E-state index contributed by atoms with van der Waals surface area (Å²) in [5.74, 6) is 0.0871. The van der Waals surface area contributed by atoms with Crippen LogP contribution in [0.3, 0.4) is 0 Å². The number of fused-ring (bicyclic) bond motifs is 1. The number of benzene rings is 2. The highest BCUT2D eigenvalue weighted by atomic mass is 79.9. The fraction of sp³-hybridized carbons (Fsp3) is 0.190. The molecule has 0 saturated carbocycles. The lowest BCUT2D eigenvalue weighted by Crippen LogP contribution is -2.10. The molecule has 3 aromatic rings. The van der Waals surface area contributed by atoms with Gasteiger partial charge in [-0.2, -0.15) is 5.26 Å². The van der Waals surface area contributed by atoms with Crippen LogP contribution in [0.2, 0.25) is 0 Å². The van der Waals surface area contributed by atoms with E-state index in [1.54, 1.807) is 6.07 Å². The maximum Gasteiger partial charge on any atom is 0.306 e. The standard InChI is InChI=1S/C21H18BrN3O4/c22-14-5-3-6-15(11-14)28-10-4-9-20(27)29-13-19(26)16(12-23)21-24-17-7-1-2-8-18(17)25-21/h1-3,5-8,11,26H,4,9-10,13H2,(H,24,25)/b19-16-. The number of rotatable bonds is 8. The number of hydrogen-bond acceptors (Lipinski definition) is 6. The summed E-state index contributed by atoms with van der Waals surface area (Å²) in [6.45, 7) is -0.0406. The molecule has 0 radical (unpaired) electrons. The van der Waals surface area contributed by atoms with Crippen molar-refractivity contribution in [2.45, 2.75) is 12.8 Å². The van der Waals surface area contributed by atoms with Crippen LogP contribution in [0.15, 0.2) is 58.8 Å². The summed E-state index contributed by atoms with van der Waals surface area (Å²) in [5.41, 5.74) is 1.35. The van der Waals surface area contributed by atoms with E-state index >= 15 is 0 Å². The van der Waals surface area contributed by atoms with Crippen molar-refractivity contribution in [3.05, 3.63) is 64.6 Å². The Morgan fingerprint density at radius 1 is 1.24 bits per heavy atom. The monoisotopic (exact) mass is 455 g/mol. The van der Waals surface area contributed by atoms with Gasteiger partial charge in [0.2, 0.25) is 0 Å². The molecule has 0 aliphatic carbocycles. The third-order valence-electron chi connectivity index (χ3n) is 3.99. The Morgan fingerprint density at radius 3 is 2.83 bits per heavy atom. The van der Waals surface area contributed by atoms with Crippen molar-refractivity contribution in [1.82, 2.24) is 9.97 Å². The Hall–Kier alpha value is -3.31. The fourth-order valence-corrected chi connectivity index (χ4v) is 2.96. The molecular weight excluding hydrogens is 438 g/mol. The number of hydrogen-bond donors (Lipinski definition) is 2. The van der Waals surface area contributed by atoms with E-state index in [0.717, 1.165) is 9.99 Å². The predicted octanol–water partition coefficient (Wildman–Crippen LogP) is 4.52. The molecule has 0 aliphatic rings. The van der Waals surface area contributed by atoms with Crippen LogP contribution in [0.25, 0.3) is 16.6 Å². The van der Waals surface area contributed by atoms with E-state index in [0.29, 0.717) is 24.3 Å². The first-order valence-electron chi connectivity index (χ1n) is 8.88. The maximum absolute atomic E-state index is 11.9. The molecule has 7 nitrogen and oxygen atoms in total. The zero-order valence-electron chi connectivity index (χ0n) is 15.4. The second kappa shape index (κ2) is 9.75. The Labute approximate surface area is 175 Å². The molecule has 0 fully saturated rings. The van der Waals surface area contributed by atoms with Gasteiger partial charge in [0.05, 0.1) is 17.6 Å². The molecule has 0 bridgehead atoms. The van der Waals surface area contributed by atoms with E-state index < -0.39 is 12.6 Å². The number of nitrogens with one attached hydrogen (secondary N) is 1. The summed E-state index contributed by atoms with van der Waals surface area (Å²) in [6.07, 6.45) is 0.596. The SMILES string of the molecule is N#C/C(=C(/O)COC(=O)CCCOc1cccc(Br)c1)c1nc2ccccc2[nH]1. The number of halogens is 1. The number of aromatic amines is 1. The number of H-pyrrole nitrogens is 1. The second-order valence-corrected chi connectivity index (χ2v) is 7.02. The van der Waals surface area contributed by atoms with E-state index in [2.05, 4.69) is 25.9 Å². The first kappa shape index (κ1) is 20.4. The average molecular weight is 456 g/mol. The molecule has 0 atom stereocenters. The topological polar surface area (TPSA) is 108 Å². The molecule has 8 heteroatoms. The van der Waals surface area contributed by atoms with Crippen molar-refractivity contribution in [3.8, 4) is 11.8 Å². The van der Waals surface area contributed by atoms with Crippen LogP contribution >= 0.6 is 15.9 Å². The molecule has 1 aromatic heterocycles. The smallest absolute Gasteiger partial charge is 0.306 e. The molecule has 29 heavy (non-hydrogen) atoms. The molecule has 0 saturated heterocycles. The summed E-state index contributed by atoms with van der Waals surface area (Å²) >= 11 is 3.36. The van der Waals surface area contributed by atoms with Gasteiger partial charge in [-0.25, -0.2) is 4.98 Å². The molecule has 0 unspecified atom stereocenters. The van der Waals surface area contributed by atoms with Crippen LogP contribution in [-0.2, 0) is 9.53 Å². The van der Waals surface area contributed by atoms with Gasteiger partial charge in [0.25, 0.3) is 0 Å². The number of ether oxygens (including phenoxy) is 2. The lowest BCUT2D eigenvalue weighted by atomic mass is 10.2. The molecule has 2 N–H and O–H groups in total. The molecular formula is C21H18BrN3O4. The van der Waals surface area contributed by atoms with Crippen molar-refractivity contribution in [1.29, 1.82) is 5.26 Å². The van der Waals surface area contributed by atoms with Crippen LogP contribution in [0.4, 0.5) is 0 Å². The van der Waals surface area contributed by atoms with Crippen LogP contribution in [0, 0.1) is 11.3 Å². The number of imidazole rings is 1. The predicted molar refractivity (Wildman–Crippen MR) is 111 cm³/mol. The summed E-state index contributed by atoms with van der Waals surface area (Å²) < 4.78 is 11.5. The number of allylic oxidation sites excluding steroid dienone is 1. The minimum atomic E-state index is -0.490. The minimum Gasteiger partial charge on any atom is -0.507 e. The van der Waals surface area contributed by atoms with Crippen molar-refractivity contribution in [2.75, 3.05) is 13.2 Å². The van der Waals surface area contributed by atoms with Gasteiger partial charge in [-0.3, -0.25) is 4.79 Å². The van der Waals surface area contributed by atoms with Crippen LogP contribution < -0.4 is 4.74 Å². The third kappa shape index (κ3) is 5.59. The zero-order valence-corrected chi connectivity index (χ0v) is 17.0. The van der Waals surface area contributed by atoms with Gasteiger partial charge in [0.1, 0.15) is 24.0 Å². The molecule has 2 aromatic carbocycles. The van der Waals surface area contributed by atoms with Crippen molar-refractivity contribution in [2.24, 2.45) is 0 Å². The van der Waals surface area contributed by atoms with Gasteiger partial charge < -0.3 is 19.6 Å². The van der Waals surface area contributed by atoms with E-state index in [9.17, 15) is 15.2 Å². The Kier molecular flexibility index (Phi) is 6.87. The van der Waals surface area contributed by atoms with Gasteiger partial charge in [-0.05, 0) is 36.8 Å². The molecule has 3 rings (SSSR count). The number of carbonyl (C=O) groups excluding carboxylic acids is 1. The van der Waals surface area contributed by atoms with Gasteiger partial charge in [0, 0.05) is 10.9 Å². The number of aromatic nitrogens is 2. The normalized spacial score (nSPS) is 11.6. The molecule has 148 valence electrons. The molecule has 0 aliphatic heterocycles. The largest absolute Gasteiger partial charge is 0.507 e. The summed E-state index contributed by atoms with van der Waals surface area (Å²) in [6, 6.07) is 16.6. The second-order valence-electron chi connectivity index (χ2n) is 6.11. The van der Waals surface area contributed by atoms with E-state index in [1.165, 1.54) is 0 Å². The number of nitrogens with zero attached hydrogens (tertiary/aromatic N) is 2. The van der Waals surface area contributed by atoms with Gasteiger partial charge in [-0.15, -0.1) is 0 Å². The molecule has 0 spiro atoms. The van der Waals surface area contributed by atoms with E-state index in [1.807, 2.05) is 48.5 Å². The number of esters is 1.